The lowest BCUT2D eigenvalue weighted by atomic mass is 10.3. The van der Waals surface area contributed by atoms with E-state index in [1.165, 1.54) is 0 Å². The van der Waals surface area contributed by atoms with E-state index in [1.54, 1.807) is 4.90 Å². The van der Waals surface area contributed by atoms with Crippen LogP contribution in [0.4, 0.5) is 26.3 Å². The number of rotatable bonds is 18. The summed E-state index contributed by atoms with van der Waals surface area (Å²) in [5, 5.41) is 0. The fraction of sp³-hybridized carbons (Fsp3) is 0.905. The second-order valence-electron chi connectivity index (χ2n) is 8.40. The molecule has 214 valence electrons. The van der Waals surface area contributed by atoms with Crippen molar-refractivity contribution >= 4 is 19.4 Å². The number of unbranched alkanes of at least 4 members (excludes halogenated alkanes) is 2. The number of hydrogen-bond acceptors (Lipinski definition) is 6. The van der Waals surface area contributed by atoms with E-state index < -0.39 is 31.8 Å². The first kappa shape index (κ1) is 34.6. The molecule has 0 N–H and O–H groups in total. The molecule has 0 heterocycles. The van der Waals surface area contributed by atoms with Crippen molar-refractivity contribution in [2.24, 2.45) is 0 Å². The van der Waals surface area contributed by atoms with Crippen LogP contribution in [-0.4, -0.2) is 98.6 Å². The second-order valence-corrected chi connectivity index (χ2v) is 10.4. The maximum Gasteiger partial charge on any atom is 0.471 e. The Morgan fingerprint density at radius 1 is 0.694 bits per heavy atom. The van der Waals surface area contributed by atoms with Gasteiger partial charge in [0, 0.05) is 40.3 Å². The van der Waals surface area contributed by atoms with Gasteiger partial charge < -0.3 is 18.8 Å². The maximum atomic E-state index is 13.3. The van der Waals surface area contributed by atoms with Crippen LogP contribution >= 0.6 is 7.60 Å². The van der Waals surface area contributed by atoms with Crippen LogP contribution in [0.15, 0.2) is 0 Å². The highest BCUT2D eigenvalue weighted by molar-refractivity contribution is 7.53. The van der Waals surface area contributed by atoms with Crippen molar-refractivity contribution in [1.29, 1.82) is 0 Å². The highest BCUT2D eigenvalue weighted by atomic mass is 31.2. The smallest absolute Gasteiger partial charge is 0.338 e. The average Bonchev–Trinajstić information content (AvgIpc) is 2.76. The molecule has 8 nitrogen and oxygen atoms in total. The third-order valence-corrected chi connectivity index (χ3v) is 6.96. The van der Waals surface area contributed by atoms with Crippen LogP contribution in [0, 0.1) is 0 Å². The summed E-state index contributed by atoms with van der Waals surface area (Å²) in [6, 6.07) is 0. The average molecular weight is 558 g/mol. The standard InChI is InChI=1S/C21H38F6N3O5P/c1-5-7-15-34-36(33,35-16-8-6-2)17-30(13-9-11-28(3)18(31)20(22,23)24)14-10-12-29(4)19(32)21(25,26)27/h5-17H2,1-4H3. The molecule has 0 saturated carbocycles. The molecule has 0 fully saturated rings. The molecule has 0 aliphatic rings. The molecule has 0 unspecified atom stereocenters. The van der Waals surface area contributed by atoms with E-state index in [0.29, 0.717) is 22.6 Å². The van der Waals surface area contributed by atoms with Crippen molar-refractivity contribution < 1.29 is 49.5 Å². The van der Waals surface area contributed by atoms with Crippen molar-refractivity contribution in [2.45, 2.75) is 64.7 Å². The van der Waals surface area contributed by atoms with Crippen molar-refractivity contribution in [1.82, 2.24) is 14.7 Å². The molecule has 0 aromatic heterocycles. The van der Waals surface area contributed by atoms with Gasteiger partial charge in [0.1, 0.15) is 6.29 Å². The van der Waals surface area contributed by atoms with Crippen LogP contribution in [0.1, 0.15) is 52.4 Å². The molecule has 0 bridgehead atoms. The monoisotopic (exact) mass is 557 g/mol. The number of halogens is 6. The zero-order valence-corrected chi connectivity index (χ0v) is 22.2. The molecule has 2 amide bonds. The molecule has 0 atom stereocenters. The van der Waals surface area contributed by atoms with Crippen molar-refractivity contribution in [3.05, 3.63) is 0 Å². The summed E-state index contributed by atoms with van der Waals surface area (Å²) in [4.78, 5) is 25.2. The molecular weight excluding hydrogens is 519 g/mol. The number of amides is 2. The van der Waals surface area contributed by atoms with E-state index >= 15 is 0 Å². The highest BCUT2D eigenvalue weighted by Crippen LogP contribution is 2.49. The third kappa shape index (κ3) is 14.4. The Morgan fingerprint density at radius 2 is 1.06 bits per heavy atom. The number of carbonyl (C=O) groups excluding carboxylic acids is 2. The lowest BCUT2D eigenvalue weighted by molar-refractivity contribution is -0.184. The number of nitrogens with zero attached hydrogens (tertiary/aromatic N) is 3. The summed E-state index contributed by atoms with van der Waals surface area (Å²) >= 11 is 0. The van der Waals surface area contributed by atoms with Crippen molar-refractivity contribution in [3.8, 4) is 0 Å². The molecule has 0 rings (SSSR count). The SMILES string of the molecule is CCCCOP(=O)(CN(CCCN(C)C(=O)C(F)(F)F)CCCN(C)C(=O)C(F)(F)F)OCCCC. The second kappa shape index (κ2) is 16.5. The van der Waals surface area contributed by atoms with Gasteiger partial charge in [0.05, 0.1) is 13.2 Å². The quantitative estimate of drug-likeness (QED) is 0.136. The predicted molar refractivity (Wildman–Crippen MR) is 122 cm³/mol. The predicted octanol–water partition coefficient (Wildman–Crippen LogP) is 4.89. The molecule has 0 saturated heterocycles. The molecule has 0 radical (unpaired) electrons. The summed E-state index contributed by atoms with van der Waals surface area (Å²) < 4.78 is 100. The fourth-order valence-electron chi connectivity index (χ4n) is 3.01. The lowest BCUT2D eigenvalue weighted by Gasteiger charge is -2.29. The first-order chi connectivity index (χ1) is 16.6. The first-order valence-electron chi connectivity index (χ1n) is 11.8. The summed E-state index contributed by atoms with van der Waals surface area (Å²) in [6.07, 6.45) is -7.32. The van der Waals surface area contributed by atoms with Gasteiger partial charge in [-0.25, -0.2) is 0 Å². The molecule has 36 heavy (non-hydrogen) atoms. The van der Waals surface area contributed by atoms with E-state index in [4.69, 9.17) is 9.05 Å². The summed E-state index contributed by atoms with van der Waals surface area (Å²) in [7, 11) is -1.64. The van der Waals surface area contributed by atoms with Gasteiger partial charge in [-0.15, -0.1) is 0 Å². The summed E-state index contributed by atoms with van der Waals surface area (Å²) in [5.41, 5.74) is 0. The Hall–Kier alpha value is -1.37. The number of carbonyl (C=O) groups is 2. The van der Waals surface area contributed by atoms with E-state index in [2.05, 4.69) is 0 Å². The van der Waals surface area contributed by atoms with Crippen LogP contribution in [0.25, 0.3) is 0 Å². The fourth-order valence-corrected chi connectivity index (χ4v) is 4.84. The summed E-state index contributed by atoms with van der Waals surface area (Å²) in [5.74, 6) is -4.00. The van der Waals surface area contributed by atoms with Gasteiger partial charge >= 0.3 is 31.8 Å². The Morgan fingerprint density at radius 3 is 1.36 bits per heavy atom. The molecule has 0 aliphatic carbocycles. The van der Waals surface area contributed by atoms with Gasteiger partial charge in [-0.05, 0) is 25.7 Å². The van der Waals surface area contributed by atoms with Crippen LogP contribution < -0.4 is 0 Å². The molecular formula is C21H38F6N3O5P. The zero-order chi connectivity index (χ0) is 28.0. The van der Waals surface area contributed by atoms with Crippen LogP contribution in [0.3, 0.4) is 0 Å². The van der Waals surface area contributed by atoms with Gasteiger partial charge in [-0.1, -0.05) is 26.7 Å². The van der Waals surface area contributed by atoms with Crippen LogP contribution in [0.2, 0.25) is 0 Å². The van der Waals surface area contributed by atoms with E-state index in [1.807, 2.05) is 13.8 Å². The molecule has 0 spiro atoms. The molecule has 0 aromatic rings. The van der Waals surface area contributed by atoms with Gasteiger partial charge in [0.15, 0.2) is 0 Å². The molecule has 0 aromatic carbocycles. The van der Waals surface area contributed by atoms with Gasteiger partial charge in [-0.2, -0.15) is 26.3 Å². The Kier molecular flexibility index (Phi) is 15.8. The van der Waals surface area contributed by atoms with Crippen molar-refractivity contribution in [2.75, 3.05) is 59.8 Å². The normalized spacial score (nSPS) is 12.8. The Labute approximate surface area is 208 Å². The summed E-state index contributed by atoms with van der Waals surface area (Å²) in [6.45, 7) is 3.80. The van der Waals surface area contributed by atoms with Gasteiger partial charge in [0.2, 0.25) is 0 Å². The minimum absolute atomic E-state index is 0.0690. The topological polar surface area (TPSA) is 79.4 Å². The third-order valence-electron chi connectivity index (χ3n) is 5.06. The van der Waals surface area contributed by atoms with E-state index in [-0.39, 0.29) is 58.5 Å². The number of hydrogen-bond donors (Lipinski definition) is 0. The van der Waals surface area contributed by atoms with Crippen LogP contribution in [-0.2, 0) is 23.2 Å². The lowest BCUT2D eigenvalue weighted by Crippen LogP contribution is -2.41. The highest BCUT2D eigenvalue weighted by Gasteiger charge is 2.42. The van der Waals surface area contributed by atoms with Gasteiger partial charge in [-0.3, -0.25) is 19.1 Å². The van der Waals surface area contributed by atoms with E-state index in [0.717, 1.165) is 26.9 Å². The van der Waals surface area contributed by atoms with Gasteiger partial charge in [0.25, 0.3) is 0 Å². The van der Waals surface area contributed by atoms with E-state index in [9.17, 15) is 40.5 Å². The Bertz CT molecular complexity index is 657. The zero-order valence-electron chi connectivity index (χ0n) is 21.3. The number of alkyl halides is 6. The maximum absolute atomic E-state index is 13.3. The minimum atomic E-state index is -5.01. The first-order valence-corrected chi connectivity index (χ1v) is 13.5. The van der Waals surface area contributed by atoms with Crippen molar-refractivity contribution in [3.63, 3.8) is 0 Å². The molecule has 15 heteroatoms. The largest absolute Gasteiger partial charge is 0.471 e. The Balaban J connectivity index is 5.31. The minimum Gasteiger partial charge on any atom is -0.338 e. The molecule has 0 aliphatic heterocycles. The van der Waals surface area contributed by atoms with Crippen LogP contribution in [0.5, 0.6) is 0 Å².